The average molecular weight is 292 g/mol. The molecule has 5 heteroatoms. The summed E-state index contributed by atoms with van der Waals surface area (Å²) in [6.45, 7) is 2.06. The minimum Gasteiger partial charge on any atom is -0.469 e. The van der Waals surface area contributed by atoms with Gasteiger partial charge in [-0.25, -0.2) is 4.79 Å². The van der Waals surface area contributed by atoms with Crippen LogP contribution in [0.5, 0.6) is 0 Å². The van der Waals surface area contributed by atoms with E-state index < -0.39 is 5.97 Å². The zero-order valence-corrected chi connectivity index (χ0v) is 12.4. The molecule has 0 fully saturated rings. The Morgan fingerprint density at radius 2 is 1.52 bits per heavy atom. The Morgan fingerprint density at radius 1 is 0.952 bits per heavy atom. The topological polar surface area (TPSA) is 69.7 Å². The summed E-state index contributed by atoms with van der Waals surface area (Å²) in [6, 6.07) is 6.41. The highest BCUT2D eigenvalue weighted by molar-refractivity contribution is 5.97. The number of esters is 2. The van der Waals surface area contributed by atoms with E-state index in [0.717, 1.165) is 0 Å². The summed E-state index contributed by atoms with van der Waals surface area (Å²) in [7, 11) is 1.35. The number of ketones is 1. The van der Waals surface area contributed by atoms with Crippen molar-refractivity contribution < 1.29 is 23.9 Å². The number of hydrogen-bond donors (Lipinski definition) is 0. The predicted octanol–water partition coefficient (Wildman–Crippen LogP) is 2.78. The van der Waals surface area contributed by atoms with E-state index in [1.54, 1.807) is 31.2 Å². The molecule has 0 heterocycles. The summed E-state index contributed by atoms with van der Waals surface area (Å²) in [4.78, 5) is 34.3. The third-order valence-electron chi connectivity index (χ3n) is 2.98. The molecule has 0 aliphatic rings. The molecule has 0 aromatic heterocycles. The van der Waals surface area contributed by atoms with Gasteiger partial charge in [0.25, 0.3) is 0 Å². The maximum absolute atomic E-state index is 11.9. The van der Waals surface area contributed by atoms with Gasteiger partial charge in [-0.3, -0.25) is 9.59 Å². The van der Waals surface area contributed by atoms with E-state index in [2.05, 4.69) is 4.74 Å². The van der Waals surface area contributed by atoms with Gasteiger partial charge in [-0.2, -0.15) is 0 Å². The highest BCUT2D eigenvalue weighted by atomic mass is 16.5. The van der Waals surface area contributed by atoms with Crippen molar-refractivity contribution in [1.29, 1.82) is 0 Å². The summed E-state index contributed by atoms with van der Waals surface area (Å²) < 4.78 is 9.40. The van der Waals surface area contributed by atoms with Crippen LogP contribution in [0.2, 0.25) is 0 Å². The molecule has 0 bridgehead atoms. The summed E-state index contributed by atoms with van der Waals surface area (Å²) in [5.74, 6) is -0.661. The van der Waals surface area contributed by atoms with Crippen molar-refractivity contribution in [2.24, 2.45) is 0 Å². The van der Waals surface area contributed by atoms with Gasteiger partial charge in [-0.15, -0.1) is 0 Å². The number of unbranched alkanes of at least 4 members (excludes halogenated alkanes) is 1. The molecule has 114 valence electrons. The lowest BCUT2D eigenvalue weighted by molar-refractivity contribution is -0.140. The van der Waals surface area contributed by atoms with E-state index in [0.29, 0.717) is 43.4 Å². The fraction of sp³-hybridized carbons (Fsp3) is 0.438. The number of carbonyl (C=O) groups is 3. The highest BCUT2D eigenvalue weighted by Gasteiger charge is 2.10. The molecular formula is C16H20O5. The molecule has 0 N–H and O–H groups in total. The molecule has 0 saturated carbocycles. The first-order valence-electron chi connectivity index (χ1n) is 6.95. The maximum atomic E-state index is 11.9. The lowest BCUT2D eigenvalue weighted by atomic mass is 10.0. The van der Waals surface area contributed by atoms with E-state index in [-0.39, 0.29) is 11.8 Å². The summed E-state index contributed by atoms with van der Waals surface area (Å²) >= 11 is 0. The molecule has 0 atom stereocenters. The van der Waals surface area contributed by atoms with Gasteiger partial charge in [0, 0.05) is 18.4 Å². The van der Waals surface area contributed by atoms with Crippen LogP contribution in [0.1, 0.15) is 53.3 Å². The lowest BCUT2D eigenvalue weighted by Gasteiger charge is -2.04. The second kappa shape index (κ2) is 8.89. The van der Waals surface area contributed by atoms with Gasteiger partial charge in [0.2, 0.25) is 0 Å². The molecule has 0 saturated heterocycles. The minimum absolute atomic E-state index is 0.00438. The molecule has 0 aliphatic carbocycles. The van der Waals surface area contributed by atoms with Gasteiger partial charge in [0.15, 0.2) is 5.78 Å². The molecule has 5 nitrogen and oxygen atoms in total. The summed E-state index contributed by atoms with van der Waals surface area (Å²) in [6.07, 6.45) is 1.95. The first kappa shape index (κ1) is 16.9. The summed E-state index contributed by atoms with van der Waals surface area (Å²) in [5, 5.41) is 0. The Hall–Kier alpha value is -2.17. The maximum Gasteiger partial charge on any atom is 0.338 e. The molecule has 1 aromatic rings. The second-order valence-electron chi connectivity index (χ2n) is 4.50. The van der Waals surface area contributed by atoms with Crippen molar-refractivity contribution >= 4 is 17.7 Å². The van der Waals surface area contributed by atoms with E-state index in [1.165, 1.54) is 7.11 Å². The molecule has 1 rings (SSSR count). The molecular weight excluding hydrogens is 272 g/mol. The van der Waals surface area contributed by atoms with Crippen molar-refractivity contribution in [1.82, 2.24) is 0 Å². The fourth-order valence-electron chi connectivity index (χ4n) is 1.81. The fourth-order valence-corrected chi connectivity index (χ4v) is 1.81. The molecule has 1 aromatic carbocycles. The second-order valence-corrected chi connectivity index (χ2v) is 4.50. The van der Waals surface area contributed by atoms with Crippen LogP contribution in [0.3, 0.4) is 0 Å². The zero-order valence-electron chi connectivity index (χ0n) is 12.4. The molecule has 0 unspecified atom stereocenters. The van der Waals surface area contributed by atoms with E-state index in [9.17, 15) is 14.4 Å². The number of carbonyl (C=O) groups excluding carboxylic acids is 3. The normalized spacial score (nSPS) is 10.0. The lowest BCUT2D eigenvalue weighted by Crippen LogP contribution is -2.06. The van der Waals surface area contributed by atoms with Crippen LogP contribution < -0.4 is 0 Å². The van der Waals surface area contributed by atoms with Crippen LogP contribution in [0.15, 0.2) is 24.3 Å². The van der Waals surface area contributed by atoms with Crippen LogP contribution in [0.4, 0.5) is 0 Å². The number of ether oxygens (including phenoxy) is 2. The van der Waals surface area contributed by atoms with E-state index in [1.807, 2.05) is 0 Å². The van der Waals surface area contributed by atoms with E-state index >= 15 is 0 Å². The molecule has 0 amide bonds. The van der Waals surface area contributed by atoms with Gasteiger partial charge in [0.05, 0.1) is 19.3 Å². The first-order valence-corrected chi connectivity index (χ1v) is 6.95. The monoisotopic (exact) mass is 292 g/mol. The van der Waals surface area contributed by atoms with Crippen molar-refractivity contribution in [3.8, 4) is 0 Å². The number of benzene rings is 1. The first-order chi connectivity index (χ1) is 10.1. The number of methoxy groups -OCH3 is 1. The van der Waals surface area contributed by atoms with Crippen LogP contribution in [0.25, 0.3) is 0 Å². The zero-order chi connectivity index (χ0) is 15.7. The Morgan fingerprint density at radius 3 is 2.10 bits per heavy atom. The third kappa shape index (κ3) is 5.77. The predicted molar refractivity (Wildman–Crippen MR) is 77.2 cm³/mol. The Kier molecular flexibility index (Phi) is 7.15. The Labute approximate surface area is 124 Å². The van der Waals surface area contributed by atoms with Crippen LogP contribution in [0, 0.1) is 0 Å². The van der Waals surface area contributed by atoms with Crippen molar-refractivity contribution in [2.45, 2.75) is 32.6 Å². The average Bonchev–Trinajstić information content (AvgIpc) is 2.51. The Bertz CT molecular complexity index is 490. The molecule has 0 radical (unpaired) electrons. The third-order valence-corrected chi connectivity index (χ3v) is 2.98. The van der Waals surface area contributed by atoms with Crippen molar-refractivity contribution in [3.63, 3.8) is 0 Å². The van der Waals surface area contributed by atoms with E-state index in [4.69, 9.17) is 4.74 Å². The smallest absolute Gasteiger partial charge is 0.338 e. The SMILES string of the molecule is CCOC(=O)c1ccc(C(=O)CCCCC(=O)OC)cc1. The standard InChI is InChI=1S/C16H20O5/c1-3-21-16(19)13-10-8-12(9-11-13)14(17)6-4-5-7-15(18)20-2/h8-11H,3-7H2,1-2H3. The van der Waals surface area contributed by atoms with Crippen molar-refractivity contribution in [2.75, 3.05) is 13.7 Å². The quantitative estimate of drug-likeness (QED) is 0.418. The van der Waals surface area contributed by atoms with Gasteiger partial charge in [0.1, 0.15) is 0 Å². The van der Waals surface area contributed by atoms with Crippen molar-refractivity contribution in [3.05, 3.63) is 35.4 Å². The van der Waals surface area contributed by atoms with Crippen LogP contribution >= 0.6 is 0 Å². The molecule has 0 spiro atoms. The van der Waals surface area contributed by atoms with Crippen LogP contribution in [-0.4, -0.2) is 31.4 Å². The van der Waals surface area contributed by atoms with Gasteiger partial charge in [-0.1, -0.05) is 12.1 Å². The molecule has 21 heavy (non-hydrogen) atoms. The number of rotatable bonds is 8. The van der Waals surface area contributed by atoms with Gasteiger partial charge >= 0.3 is 11.9 Å². The largest absolute Gasteiger partial charge is 0.469 e. The summed E-state index contributed by atoms with van der Waals surface area (Å²) in [5.41, 5.74) is 0.986. The number of hydrogen-bond acceptors (Lipinski definition) is 5. The van der Waals surface area contributed by atoms with Gasteiger partial charge < -0.3 is 9.47 Å². The highest BCUT2D eigenvalue weighted by Crippen LogP contribution is 2.11. The number of Topliss-reactive ketones (excluding diaryl/α,β-unsaturated/α-hetero) is 1. The minimum atomic E-state index is -0.394. The van der Waals surface area contributed by atoms with Gasteiger partial charge in [-0.05, 0) is 31.9 Å². The molecule has 0 aliphatic heterocycles. The van der Waals surface area contributed by atoms with Crippen LogP contribution in [-0.2, 0) is 14.3 Å². The Balaban J connectivity index is 2.44.